The molecule has 4 rings (SSSR count). The molecule has 1 aliphatic rings. The Labute approximate surface area is 176 Å². The minimum absolute atomic E-state index is 0.221. The van der Waals surface area contributed by atoms with Gasteiger partial charge in [0.1, 0.15) is 5.82 Å². The second-order valence-electron chi connectivity index (χ2n) is 7.54. The van der Waals surface area contributed by atoms with E-state index >= 15 is 0 Å². The number of benzene rings is 2. The third kappa shape index (κ3) is 4.14. The van der Waals surface area contributed by atoms with E-state index in [1.165, 1.54) is 12.1 Å². The van der Waals surface area contributed by atoms with E-state index in [-0.39, 0.29) is 11.8 Å². The summed E-state index contributed by atoms with van der Waals surface area (Å²) in [6.07, 6.45) is 0. The summed E-state index contributed by atoms with van der Waals surface area (Å²) >= 11 is 0. The van der Waals surface area contributed by atoms with Gasteiger partial charge in [0, 0.05) is 43.8 Å². The highest BCUT2D eigenvalue weighted by Gasteiger charge is 2.24. The Kier molecular flexibility index (Phi) is 5.95. The van der Waals surface area contributed by atoms with Gasteiger partial charge in [-0.25, -0.2) is 9.18 Å². The maximum atomic E-state index is 13.2. The van der Waals surface area contributed by atoms with E-state index < -0.39 is 0 Å². The third-order valence-corrected chi connectivity index (χ3v) is 5.64. The Morgan fingerprint density at radius 1 is 1.07 bits per heavy atom. The Bertz CT molecular complexity index is 1040. The van der Waals surface area contributed by atoms with Crippen LogP contribution in [0.25, 0.3) is 10.9 Å². The number of halogens is 1. The highest BCUT2D eigenvalue weighted by molar-refractivity contribution is 5.98. The van der Waals surface area contributed by atoms with Gasteiger partial charge in [-0.3, -0.25) is 9.88 Å². The number of hydrogen-bond donors (Lipinski definition) is 0. The number of carbonyl (C=O) groups is 1. The van der Waals surface area contributed by atoms with E-state index in [9.17, 15) is 9.18 Å². The van der Waals surface area contributed by atoms with Crippen molar-refractivity contribution in [2.45, 2.75) is 20.4 Å². The molecule has 1 aliphatic heterocycles. The molecular formula is C24H26FN3O2. The van der Waals surface area contributed by atoms with Gasteiger partial charge < -0.3 is 9.64 Å². The van der Waals surface area contributed by atoms with Crippen LogP contribution in [0.15, 0.2) is 48.5 Å². The van der Waals surface area contributed by atoms with Gasteiger partial charge in [-0.15, -0.1) is 0 Å². The fourth-order valence-electron chi connectivity index (χ4n) is 4.06. The minimum atomic E-state index is -0.312. The van der Waals surface area contributed by atoms with Gasteiger partial charge in [0.2, 0.25) is 0 Å². The second-order valence-corrected chi connectivity index (χ2v) is 7.54. The van der Waals surface area contributed by atoms with Gasteiger partial charge in [0.25, 0.3) is 0 Å². The number of fused-ring (bicyclic) bond motifs is 1. The van der Waals surface area contributed by atoms with Crippen LogP contribution in [0.4, 0.5) is 10.1 Å². The number of rotatable bonds is 5. The number of anilines is 1. The summed E-state index contributed by atoms with van der Waals surface area (Å²) in [5.41, 5.74) is 4.18. The van der Waals surface area contributed by atoms with E-state index in [1.807, 2.05) is 50.2 Å². The van der Waals surface area contributed by atoms with Crippen molar-refractivity contribution in [1.82, 2.24) is 9.88 Å². The summed E-state index contributed by atoms with van der Waals surface area (Å²) in [7, 11) is 0. The van der Waals surface area contributed by atoms with Gasteiger partial charge in [0.05, 0.1) is 23.4 Å². The predicted molar refractivity (Wildman–Crippen MR) is 116 cm³/mol. The van der Waals surface area contributed by atoms with E-state index in [2.05, 4.69) is 9.80 Å². The Hall–Kier alpha value is -2.99. The molecule has 0 spiro atoms. The van der Waals surface area contributed by atoms with Crippen molar-refractivity contribution in [3.8, 4) is 0 Å². The number of piperazine rings is 1. The van der Waals surface area contributed by atoms with Crippen LogP contribution in [0.5, 0.6) is 0 Å². The van der Waals surface area contributed by atoms with Gasteiger partial charge in [0.15, 0.2) is 0 Å². The maximum absolute atomic E-state index is 13.2. The zero-order valence-electron chi connectivity index (χ0n) is 17.4. The second kappa shape index (κ2) is 8.79. The average Bonchev–Trinajstić information content (AvgIpc) is 2.75. The smallest absolute Gasteiger partial charge is 0.340 e. The molecule has 0 N–H and O–H groups in total. The summed E-state index contributed by atoms with van der Waals surface area (Å²) < 4.78 is 18.5. The number of esters is 1. The van der Waals surface area contributed by atoms with Gasteiger partial charge >= 0.3 is 5.97 Å². The lowest BCUT2D eigenvalue weighted by Gasteiger charge is -2.36. The minimum Gasteiger partial charge on any atom is -0.462 e. The molecular weight excluding hydrogens is 381 g/mol. The molecule has 2 aromatic carbocycles. The van der Waals surface area contributed by atoms with Crippen molar-refractivity contribution in [1.29, 1.82) is 0 Å². The number of nitrogens with zero attached hydrogens (tertiary/aromatic N) is 3. The normalized spacial score (nSPS) is 14.8. The monoisotopic (exact) mass is 407 g/mol. The number of para-hydroxylation sites is 1. The van der Waals surface area contributed by atoms with Crippen LogP contribution in [0.3, 0.4) is 0 Å². The topological polar surface area (TPSA) is 45.7 Å². The van der Waals surface area contributed by atoms with Gasteiger partial charge in [-0.05, 0) is 49.7 Å². The molecule has 0 atom stereocenters. The van der Waals surface area contributed by atoms with E-state index in [1.54, 1.807) is 0 Å². The molecule has 30 heavy (non-hydrogen) atoms. The van der Waals surface area contributed by atoms with E-state index in [4.69, 9.17) is 9.72 Å². The lowest BCUT2D eigenvalue weighted by Crippen LogP contribution is -2.46. The lowest BCUT2D eigenvalue weighted by atomic mass is 10.0. The average molecular weight is 407 g/mol. The fourth-order valence-corrected chi connectivity index (χ4v) is 4.06. The Morgan fingerprint density at radius 3 is 2.47 bits per heavy atom. The van der Waals surface area contributed by atoms with Crippen molar-refractivity contribution >= 4 is 22.6 Å². The van der Waals surface area contributed by atoms with Crippen molar-refractivity contribution < 1.29 is 13.9 Å². The molecule has 2 heterocycles. The Balaban J connectivity index is 1.55. The molecule has 0 aliphatic carbocycles. The number of aromatic nitrogens is 1. The first-order valence-electron chi connectivity index (χ1n) is 10.3. The summed E-state index contributed by atoms with van der Waals surface area (Å²) in [5, 5.41) is 0.977. The fraction of sp³-hybridized carbons (Fsp3) is 0.333. The largest absolute Gasteiger partial charge is 0.462 e. The van der Waals surface area contributed by atoms with Gasteiger partial charge in [-0.1, -0.05) is 18.2 Å². The van der Waals surface area contributed by atoms with Crippen LogP contribution in [0, 0.1) is 12.7 Å². The molecule has 1 saturated heterocycles. The van der Waals surface area contributed by atoms with Gasteiger partial charge in [-0.2, -0.15) is 0 Å². The molecule has 0 amide bonds. The van der Waals surface area contributed by atoms with Crippen molar-refractivity contribution in [2.24, 2.45) is 0 Å². The molecule has 5 nitrogen and oxygen atoms in total. The summed E-state index contributed by atoms with van der Waals surface area (Å²) in [6.45, 7) is 8.07. The standard InChI is InChI=1S/C24H26FN3O2/c1-3-30-24(29)23-17(2)20-6-4-5-7-21(20)26-22(23)16-27-12-14-28(15-13-27)19-10-8-18(25)9-11-19/h4-11H,3,12-16H2,1-2H3. The lowest BCUT2D eigenvalue weighted by molar-refractivity contribution is 0.0522. The molecule has 1 aromatic heterocycles. The van der Waals surface area contributed by atoms with Crippen molar-refractivity contribution in [3.05, 3.63) is 71.2 Å². The summed E-state index contributed by atoms with van der Waals surface area (Å²) in [5.74, 6) is -0.533. The van der Waals surface area contributed by atoms with Crippen LogP contribution >= 0.6 is 0 Å². The molecule has 156 valence electrons. The Morgan fingerprint density at radius 2 is 1.77 bits per heavy atom. The molecule has 1 fully saturated rings. The number of pyridine rings is 1. The van der Waals surface area contributed by atoms with Crippen molar-refractivity contribution in [3.63, 3.8) is 0 Å². The zero-order valence-corrected chi connectivity index (χ0v) is 17.4. The quantitative estimate of drug-likeness (QED) is 0.594. The van der Waals surface area contributed by atoms with E-state index in [0.717, 1.165) is 54.0 Å². The highest BCUT2D eigenvalue weighted by atomic mass is 19.1. The van der Waals surface area contributed by atoms with E-state index in [0.29, 0.717) is 18.7 Å². The summed E-state index contributed by atoms with van der Waals surface area (Å²) in [6, 6.07) is 14.5. The van der Waals surface area contributed by atoms with Crippen LogP contribution in [0.2, 0.25) is 0 Å². The molecule has 3 aromatic rings. The SMILES string of the molecule is CCOC(=O)c1c(CN2CCN(c3ccc(F)cc3)CC2)nc2ccccc2c1C. The third-order valence-electron chi connectivity index (χ3n) is 5.64. The molecule has 0 bridgehead atoms. The number of hydrogen-bond acceptors (Lipinski definition) is 5. The van der Waals surface area contributed by atoms with Crippen LogP contribution < -0.4 is 4.90 Å². The first kappa shape index (κ1) is 20.3. The predicted octanol–water partition coefficient (Wildman–Crippen LogP) is 4.18. The maximum Gasteiger partial charge on any atom is 0.340 e. The molecule has 0 saturated carbocycles. The molecule has 6 heteroatoms. The number of ether oxygens (including phenoxy) is 1. The van der Waals surface area contributed by atoms with Crippen LogP contribution in [0.1, 0.15) is 28.5 Å². The molecule has 0 radical (unpaired) electrons. The zero-order chi connectivity index (χ0) is 21.1. The van der Waals surface area contributed by atoms with Crippen molar-refractivity contribution in [2.75, 3.05) is 37.7 Å². The summed E-state index contributed by atoms with van der Waals surface area (Å²) in [4.78, 5) is 22.1. The molecule has 0 unspecified atom stereocenters. The number of carbonyl (C=O) groups excluding carboxylic acids is 1. The first-order chi connectivity index (χ1) is 14.6. The van der Waals surface area contributed by atoms with Crippen LogP contribution in [-0.4, -0.2) is 48.6 Å². The number of aryl methyl sites for hydroxylation is 1. The highest BCUT2D eigenvalue weighted by Crippen LogP contribution is 2.25. The first-order valence-corrected chi connectivity index (χ1v) is 10.3. The van der Waals surface area contributed by atoms with Crippen LogP contribution in [-0.2, 0) is 11.3 Å².